The lowest BCUT2D eigenvalue weighted by atomic mass is 10.1. The summed E-state index contributed by atoms with van der Waals surface area (Å²) < 4.78 is 10.7. The Morgan fingerprint density at radius 1 is 0.565 bits per heavy atom. The topological polar surface area (TPSA) is 218 Å². The molecule has 5 aromatic carbocycles. The van der Waals surface area contributed by atoms with E-state index in [0.29, 0.717) is 53.0 Å². The zero-order chi connectivity index (χ0) is 50.4. The number of halogens is 5. The number of azo groups is 2. The molecule has 360 valence electrons. The van der Waals surface area contributed by atoms with E-state index in [0.717, 1.165) is 25.0 Å². The number of carbonyl (C=O) groups excluding carboxylic acids is 6. The number of nitrogens with zero attached hydrogens (tertiary/aromatic N) is 4. The number of carbonyl (C=O) groups is 6. The lowest BCUT2D eigenvalue weighted by Crippen LogP contribution is -2.32. The molecule has 0 aliphatic rings. The van der Waals surface area contributed by atoms with E-state index in [1.165, 1.54) is 68.8 Å². The molecular weight excluding hydrogens is 994 g/mol. The van der Waals surface area contributed by atoms with Crippen LogP contribution >= 0.6 is 58.0 Å². The minimum Gasteiger partial charge on any atom is -0.497 e. The van der Waals surface area contributed by atoms with Crippen LogP contribution in [0.5, 0.6) is 11.5 Å². The SMILES string of the molecule is COc1cc(CCCl)cc(NC(=O)c2ccc(Cl)c(N=NC(C(C)=O)C(=O)Nc3ccc(NC(=O)C(N=Nc4cc(C(=O)Nc5cc(CCCl)cc(OC)c5)ccc4Cl)C(C)=O)c(C(C)Cl)c3)c2)c1. The number of hydrogen-bond acceptors (Lipinski definition) is 12. The summed E-state index contributed by atoms with van der Waals surface area (Å²) in [5, 5.41) is 26.4. The van der Waals surface area contributed by atoms with Gasteiger partial charge in [0.1, 0.15) is 22.9 Å². The highest BCUT2D eigenvalue weighted by Crippen LogP contribution is 2.33. The van der Waals surface area contributed by atoms with Gasteiger partial charge in [-0.2, -0.15) is 20.5 Å². The number of anilines is 4. The number of hydrogen-bond donors (Lipinski definition) is 4. The van der Waals surface area contributed by atoms with Crippen molar-refractivity contribution in [1.29, 1.82) is 0 Å². The second-order valence-corrected chi connectivity index (χ2v) is 17.3. The number of benzene rings is 5. The fraction of sp³-hybridized carbons (Fsp3) is 0.250. The van der Waals surface area contributed by atoms with E-state index in [4.69, 9.17) is 67.5 Å². The van der Waals surface area contributed by atoms with E-state index in [-0.39, 0.29) is 43.9 Å². The molecule has 4 N–H and O–H groups in total. The fourth-order valence-electron chi connectivity index (χ4n) is 6.45. The predicted octanol–water partition coefficient (Wildman–Crippen LogP) is 11.7. The third kappa shape index (κ3) is 15.0. The second kappa shape index (κ2) is 25.3. The van der Waals surface area contributed by atoms with Crippen LogP contribution in [-0.4, -0.2) is 73.3 Å². The zero-order valence-electron chi connectivity index (χ0n) is 37.7. The maximum Gasteiger partial charge on any atom is 0.258 e. The number of aryl methyl sites for hydroxylation is 2. The Kier molecular flexibility index (Phi) is 19.6. The summed E-state index contributed by atoms with van der Waals surface area (Å²) in [6.45, 7) is 3.91. The van der Waals surface area contributed by atoms with Crippen LogP contribution in [-0.2, 0) is 32.0 Å². The van der Waals surface area contributed by atoms with E-state index in [1.54, 1.807) is 31.2 Å². The van der Waals surface area contributed by atoms with Gasteiger partial charge < -0.3 is 30.7 Å². The molecule has 21 heteroatoms. The maximum atomic E-state index is 13.6. The van der Waals surface area contributed by atoms with Gasteiger partial charge in [0, 0.05) is 57.8 Å². The monoisotopic (exact) mass is 1040 g/mol. The summed E-state index contributed by atoms with van der Waals surface area (Å²) >= 11 is 31.1. The first-order valence-corrected chi connectivity index (χ1v) is 23.1. The van der Waals surface area contributed by atoms with E-state index in [2.05, 4.69) is 41.7 Å². The molecule has 0 aliphatic heterocycles. The van der Waals surface area contributed by atoms with Gasteiger partial charge in [0.05, 0.1) is 29.6 Å². The average Bonchev–Trinajstić information content (AvgIpc) is 3.30. The van der Waals surface area contributed by atoms with Crippen LogP contribution in [0.2, 0.25) is 10.0 Å². The number of Topliss-reactive ketones (excluding diaryl/α,β-unsaturated/α-hetero) is 2. The van der Waals surface area contributed by atoms with Gasteiger partial charge in [0.15, 0.2) is 11.6 Å². The molecule has 3 unspecified atom stereocenters. The summed E-state index contributed by atoms with van der Waals surface area (Å²) in [4.78, 5) is 79.0. The highest BCUT2D eigenvalue weighted by atomic mass is 35.5. The van der Waals surface area contributed by atoms with Crippen molar-refractivity contribution >= 4 is 127 Å². The van der Waals surface area contributed by atoms with Crippen molar-refractivity contribution in [2.75, 3.05) is 47.2 Å². The van der Waals surface area contributed by atoms with Gasteiger partial charge in [0.2, 0.25) is 12.1 Å². The second-order valence-electron chi connectivity index (χ2n) is 15.1. The first kappa shape index (κ1) is 53.5. The molecule has 0 radical (unpaired) electrons. The van der Waals surface area contributed by atoms with Crippen molar-refractivity contribution in [3.63, 3.8) is 0 Å². The Morgan fingerprint density at radius 3 is 1.42 bits per heavy atom. The Balaban J connectivity index is 1.28. The molecule has 16 nitrogen and oxygen atoms in total. The largest absolute Gasteiger partial charge is 0.497 e. The van der Waals surface area contributed by atoms with Gasteiger partial charge in [-0.05, 0) is 129 Å². The Hall–Kier alpha value is -6.43. The normalized spacial score (nSPS) is 12.5. The van der Waals surface area contributed by atoms with Crippen LogP contribution in [0.3, 0.4) is 0 Å². The number of ketones is 2. The van der Waals surface area contributed by atoms with Gasteiger partial charge in [-0.25, -0.2) is 0 Å². The summed E-state index contributed by atoms with van der Waals surface area (Å²) in [5.41, 5.74) is 3.65. The molecule has 69 heavy (non-hydrogen) atoms. The first-order valence-electron chi connectivity index (χ1n) is 20.8. The van der Waals surface area contributed by atoms with Crippen LogP contribution in [0, 0.1) is 0 Å². The number of nitrogens with one attached hydrogen (secondary N) is 4. The maximum absolute atomic E-state index is 13.6. The molecule has 0 bridgehead atoms. The zero-order valence-corrected chi connectivity index (χ0v) is 41.4. The minimum absolute atomic E-state index is 0.0114. The molecule has 0 fully saturated rings. The van der Waals surface area contributed by atoms with Crippen molar-refractivity contribution in [2.24, 2.45) is 20.5 Å². The van der Waals surface area contributed by atoms with Gasteiger partial charge >= 0.3 is 0 Å². The van der Waals surface area contributed by atoms with Crippen molar-refractivity contribution in [3.8, 4) is 11.5 Å². The summed E-state index contributed by atoms with van der Waals surface area (Å²) in [7, 11) is 3.01. The Labute approximate surface area is 422 Å². The van der Waals surface area contributed by atoms with E-state index in [1.807, 2.05) is 12.1 Å². The van der Waals surface area contributed by atoms with Crippen LogP contribution in [0.15, 0.2) is 111 Å². The summed E-state index contributed by atoms with van der Waals surface area (Å²) in [6.07, 6.45) is 1.10. The lowest BCUT2D eigenvalue weighted by molar-refractivity contribution is -0.127. The van der Waals surface area contributed by atoms with Crippen molar-refractivity contribution in [3.05, 3.63) is 129 Å². The molecule has 0 heterocycles. The van der Waals surface area contributed by atoms with Crippen molar-refractivity contribution < 1.29 is 38.2 Å². The molecule has 0 spiro atoms. The van der Waals surface area contributed by atoms with Gasteiger partial charge in [-0.1, -0.05) is 23.2 Å². The smallest absolute Gasteiger partial charge is 0.258 e. The minimum atomic E-state index is -1.65. The lowest BCUT2D eigenvalue weighted by Gasteiger charge is -2.17. The number of amides is 4. The van der Waals surface area contributed by atoms with Gasteiger partial charge in [0.25, 0.3) is 23.6 Å². The Morgan fingerprint density at radius 2 is 1.01 bits per heavy atom. The molecule has 0 saturated carbocycles. The van der Waals surface area contributed by atoms with E-state index >= 15 is 0 Å². The van der Waals surface area contributed by atoms with Crippen LogP contribution < -0.4 is 30.7 Å². The number of rotatable bonds is 21. The number of ether oxygens (including phenoxy) is 2. The Bertz CT molecular complexity index is 2820. The van der Waals surface area contributed by atoms with Crippen LogP contribution in [0.1, 0.15) is 63.6 Å². The van der Waals surface area contributed by atoms with Crippen LogP contribution in [0.4, 0.5) is 34.1 Å². The molecule has 5 aromatic rings. The van der Waals surface area contributed by atoms with Crippen LogP contribution in [0.25, 0.3) is 0 Å². The number of methoxy groups -OCH3 is 2. The first-order chi connectivity index (χ1) is 32.9. The molecule has 0 aromatic heterocycles. The molecular formula is C48H45Cl5N8O8. The molecule has 3 atom stereocenters. The van der Waals surface area contributed by atoms with Gasteiger partial charge in [-0.15, -0.1) is 34.8 Å². The molecule has 0 saturated heterocycles. The van der Waals surface area contributed by atoms with E-state index in [9.17, 15) is 28.8 Å². The number of alkyl halides is 3. The summed E-state index contributed by atoms with van der Waals surface area (Å²) in [5.74, 6) is -2.26. The highest BCUT2D eigenvalue weighted by molar-refractivity contribution is 6.33. The standard InChI is InChI=1S/C48H45Cl5N8O8/c1-25(51)37-24-32(54-47(66)43(26(2)62)60-58-41-20-30(6-9-38(41)52)45(64)55-33-16-28(12-14-49)18-35(22-33)68-4)8-11-40(37)57-48(67)44(27(3)63)61-59-42-21-31(7-10-39(42)53)46(65)56-34-17-29(13-15-50)19-36(23-34)69-5/h6-11,16-25,43-44H,12-15H2,1-5H3,(H,54,66)(H,55,64)(H,56,65)(H,57,67). The summed E-state index contributed by atoms with van der Waals surface area (Å²) in [6, 6.07) is 20.0. The van der Waals surface area contributed by atoms with Gasteiger partial charge in [-0.3, -0.25) is 28.8 Å². The van der Waals surface area contributed by atoms with Crippen molar-refractivity contribution in [1.82, 2.24) is 0 Å². The fourth-order valence-corrected chi connectivity index (χ4v) is 7.38. The average molecular weight is 1040 g/mol. The highest BCUT2D eigenvalue weighted by Gasteiger charge is 2.27. The quantitative estimate of drug-likeness (QED) is 0.0314. The third-order valence-electron chi connectivity index (χ3n) is 9.94. The molecule has 4 amide bonds. The van der Waals surface area contributed by atoms with E-state index < -0.39 is 52.7 Å². The predicted molar refractivity (Wildman–Crippen MR) is 270 cm³/mol. The molecule has 5 rings (SSSR count). The molecule has 0 aliphatic carbocycles. The van der Waals surface area contributed by atoms with Crippen molar-refractivity contribution in [2.45, 2.75) is 51.1 Å². The third-order valence-corrected chi connectivity index (χ3v) is 11.2.